The first kappa shape index (κ1) is 19.2. The van der Waals surface area contributed by atoms with E-state index in [2.05, 4.69) is 10.6 Å². The maximum atomic E-state index is 12.3. The topological polar surface area (TPSA) is 84.5 Å². The van der Waals surface area contributed by atoms with Crippen molar-refractivity contribution in [3.8, 4) is 0 Å². The molecule has 1 atom stereocenters. The van der Waals surface area contributed by atoms with Crippen LogP contribution in [0.4, 0.5) is 4.79 Å². The fraction of sp³-hybridized carbons (Fsp3) is 0.250. The van der Waals surface area contributed by atoms with Gasteiger partial charge in [0, 0.05) is 19.4 Å². The van der Waals surface area contributed by atoms with Crippen molar-refractivity contribution < 1.29 is 19.1 Å². The highest BCUT2D eigenvalue weighted by Gasteiger charge is 2.21. The molecule has 0 radical (unpaired) electrons. The van der Waals surface area contributed by atoms with Gasteiger partial charge >= 0.3 is 6.09 Å². The number of carbonyl (C=O) groups excluding carboxylic acids is 3. The zero-order valence-corrected chi connectivity index (χ0v) is 14.4. The second-order valence-corrected chi connectivity index (χ2v) is 5.69. The van der Waals surface area contributed by atoms with E-state index in [0.29, 0.717) is 6.42 Å². The maximum Gasteiger partial charge on any atom is 0.408 e. The Morgan fingerprint density at radius 2 is 1.58 bits per heavy atom. The molecule has 0 aliphatic heterocycles. The summed E-state index contributed by atoms with van der Waals surface area (Å²) in [7, 11) is 0. The number of carbonyl (C=O) groups is 3. The van der Waals surface area contributed by atoms with Crippen molar-refractivity contribution in [3.63, 3.8) is 0 Å². The molecular formula is C20H22N2O4. The van der Waals surface area contributed by atoms with E-state index in [1.807, 2.05) is 60.7 Å². The first-order valence-electron chi connectivity index (χ1n) is 8.41. The summed E-state index contributed by atoms with van der Waals surface area (Å²) in [4.78, 5) is 34.8. The number of rotatable bonds is 9. The van der Waals surface area contributed by atoms with Crippen LogP contribution in [0.1, 0.15) is 17.5 Å². The molecule has 0 bridgehead atoms. The fourth-order valence-corrected chi connectivity index (χ4v) is 2.34. The third-order valence-electron chi connectivity index (χ3n) is 3.67. The van der Waals surface area contributed by atoms with E-state index in [4.69, 9.17) is 4.74 Å². The number of benzene rings is 2. The molecule has 136 valence electrons. The summed E-state index contributed by atoms with van der Waals surface area (Å²) in [6.07, 6.45) is 0.616. The van der Waals surface area contributed by atoms with E-state index in [1.165, 1.54) is 0 Å². The molecule has 6 nitrogen and oxygen atoms in total. The number of ether oxygens (including phenoxy) is 1. The van der Waals surface area contributed by atoms with Gasteiger partial charge in [-0.3, -0.25) is 4.79 Å². The monoisotopic (exact) mass is 354 g/mol. The number of hydrogen-bond acceptors (Lipinski definition) is 4. The van der Waals surface area contributed by atoms with Gasteiger partial charge in [0.15, 0.2) is 0 Å². The van der Waals surface area contributed by atoms with Crippen molar-refractivity contribution in [2.24, 2.45) is 0 Å². The highest BCUT2D eigenvalue weighted by molar-refractivity contribution is 5.86. The standard InChI is InChI=1S/C20H22N2O4/c23-13-7-12-21-19(24)18(14-16-8-3-1-4-9-16)22-20(25)26-15-17-10-5-2-6-11-17/h1-6,8-11,13,18H,7,12,14-15H2,(H,21,24)(H,22,25)/t18-/m0/s1. The van der Waals surface area contributed by atoms with E-state index in [1.54, 1.807) is 0 Å². The molecule has 0 fully saturated rings. The van der Waals surface area contributed by atoms with Crippen molar-refractivity contribution >= 4 is 18.3 Å². The van der Waals surface area contributed by atoms with Gasteiger partial charge in [0.05, 0.1) is 0 Å². The van der Waals surface area contributed by atoms with Gasteiger partial charge in [-0.05, 0) is 11.1 Å². The summed E-state index contributed by atoms with van der Waals surface area (Å²) >= 11 is 0. The molecule has 2 aromatic carbocycles. The Balaban J connectivity index is 1.94. The average Bonchev–Trinajstić information content (AvgIpc) is 2.67. The van der Waals surface area contributed by atoms with E-state index in [0.717, 1.165) is 17.4 Å². The van der Waals surface area contributed by atoms with Gasteiger partial charge in [0.25, 0.3) is 0 Å². The van der Waals surface area contributed by atoms with Gasteiger partial charge in [-0.25, -0.2) is 4.79 Å². The third kappa shape index (κ3) is 6.76. The number of alkyl carbamates (subject to hydrolysis) is 1. The Morgan fingerprint density at radius 3 is 2.19 bits per heavy atom. The molecule has 0 saturated heterocycles. The normalized spacial score (nSPS) is 11.2. The maximum absolute atomic E-state index is 12.3. The second-order valence-electron chi connectivity index (χ2n) is 5.69. The van der Waals surface area contributed by atoms with Gasteiger partial charge in [-0.1, -0.05) is 60.7 Å². The first-order valence-corrected chi connectivity index (χ1v) is 8.41. The molecule has 2 amide bonds. The Morgan fingerprint density at radius 1 is 0.962 bits per heavy atom. The van der Waals surface area contributed by atoms with Crippen LogP contribution in [0.25, 0.3) is 0 Å². The van der Waals surface area contributed by atoms with Crippen molar-refractivity contribution in [2.45, 2.75) is 25.5 Å². The molecule has 2 N–H and O–H groups in total. The molecule has 0 spiro atoms. The molecule has 0 saturated carbocycles. The van der Waals surface area contributed by atoms with Crippen LogP contribution < -0.4 is 10.6 Å². The number of nitrogens with one attached hydrogen (secondary N) is 2. The predicted molar refractivity (Wildman–Crippen MR) is 97.4 cm³/mol. The Bertz CT molecular complexity index is 704. The molecule has 0 unspecified atom stereocenters. The van der Waals surface area contributed by atoms with E-state index < -0.39 is 12.1 Å². The van der Waals surface area contributed by atoms with Gasteiger partial charge in [-0.15, -0.1) is 0 Å². The van der Waals surface area contributed by atoms with E-state index in [-0.39, 0.29) is 25.5 Å². The summed E-state index contributed by atoms with van der Waals surface area (Å²) in [6.45, 7) is 0.353. The Kier molecular flexibility index (Phi) is 7.86. The van der Waals surface area contributed by atoms with Crippen LogP contribution in [0.5, 0.6) is 0 Å². The van der Waals surface area contributed by atoms with Crippen molar-refractivity contribution in [1.82, 2.24) is 10.6 Å². The number of hydrogen-bond donors (Lipinski definition) is 2. The Hall–Kier alpha value is -3.15. The summed E-state index contributed by atoms with van der Waals surface area (Å²) < 4.78 is 5.19. The molecule has 0 heterocycles. The van der Waals surface area contributed by atoms with Crippen LogP contribution in [0.15, 0.2) is 60.7 Å². The summed E-state index contributed by atoms with van der Waals surface area (Å²) in [6, 6.07) is 17.9. The molecule has 0 aliphatic carbocycles. The van der Waals surface area contributed by atoms with Gasteiger partial charge in [-0.2, -0.15) is 0 Å². The molecule has 2 rings (SSSR count). The quantitative estimate of drug-likeness (QED) is 0.534. The minimum Gasteiger partial charge on any atom is -0.445 e. The van der Waals surface area contributed by atoms with E-state index in [9.17, 15) is 14.4 Å². The number of aldehydes is 1. The number of amides is 2. The van der Waals surface area contributed by atoms with Gasteiger partial charge < -0.3 is 20.2 Å². The van der Waals surface area contributed by atoms with Crippen molar-refractivity contribution in [3.05, 3.63) is 71.8 Å². The minimum absolute atomic E-state index is 0.123. The molecule has 26 heavy (non-hydrogen) atoms. The van der Waals surface area contributed by atoms with Crippen LogP contribution >= 0.6 is 0 Å². The van der Waals surface area contributed by atoms with Crippen LogP contribution in [-0.2, 0) is 27.4 Å². The first-order chi connectivity index (χ1) is 12.7. The van der Waals surface area contributed by atoms with Crippen molar-refractivity contribution in [2.75, 3.05) is 6.54 Å². The van der Waals surface area contributed by atoms with Crippen LogP contribution in [0, 0.1) is 0 Å². The van der Waals surface area contributed by atoms with Crippen LogP contribution in [0.2, 0.25) is 0 Å². The zero-order chi connectivity index (χ0) is 18.6. The van der Waals surface area contributed by atoms with Crippen LogP contribution in [0.3, 0.4) is 0 Å². The SMILES string of the molecule is O=CCCNC(=O)[C@H](Cc1ccccc1)NC(=O)OCc1ccccc1. The average molecular weight is 354 g/mol. The lowest BCUT2D eigenvalue weighted by molar-refractivity contribution is -0.123. The second kappa shape index (κ2) is 10.7. The molecule has 6 heteroatoms. The van der Waals surface area contributed by atoms with Gasteiger partial charge in [0.2, 0.25) is 5.91 Å². The zero-order valence-electron chi connectivity index (χ0n) is 14.4. The molecule has 0 aromatic heterocycles. The predicted octanol–water partition coefficient (Wildman–Crippen LogP) is 2.23. The minimum atomic E-state index is -0.785. The largest absolute Gasteiger partial charge is 0.445 e. The summed E-state index contributed by atoms with van der Waals surface area (Å²) in [5, 5.41) is 5.24. The summed E-state index contributed by atoms with van der Waals surface area (Å²) in [5.41, 5.74) is 1.77. The van der Waals surface area contributed by atoms with Gasteiger partial charge in [0.1, 0.15) is 18.9 Å². The Labute approximate surface area is 152 Å². The fourth-order valence-electron chi connectivity index (χ4n) is 2.34. The highest BCUT2D eigenvalue weighted by Crippen LogP contribution is 2.05. The van der Waals surface area contributed by atoms with Crippen molar-refractivity contribution in [1.29, 1.82) is 0 Å². The third-order valence-corrected chi connectivity index (χ3v) is 3.67. The molecule has 0 aliphatic rings. The van der Waals surface area contributed by atoms with Crippen LogP contribution in [-0.4, -0.2) is 30.9 Å². The van der Waals surface area contributed by atoms with E-state index >= 15 is 0 Å². The lowest BCUT2D eigenvalue weighted by atomic mass is 10.1. The smallest absolute Gasteiger partial charge is 0.408 e. The molecule has 2 aromatic rings. The molecular weight excluding hydrogens is 332 g/mol. The lowest BCUT2D eigenvalue weighted by Gasteiger charge is -2.18. The highest BCUT2D eigenvalue weighted by atomic mass is 16.5. The summed E-state index contributed by atoms with van der Waals surface area (Å²) in [5.74, 6) is -0.354. The lowest BCUT2D eigenvalue weighted by Crippen LogP contribution is -2.48.